The van der Waals surface area contributed by atoms with Gasteiger partial charge in [0, 0.05) is 11.6 Å². The molecule has 24 heavy (non-hydrogen) atoms. The zero-order chi connectivity index (χ0) is 17.3. The molecule has 0 atom stereocenters. The van der Waals surface area contributed by atoms with Crippen LogP contribution in [0.4, 0.5) is 9.52 Å². The fourth-order valence-electron chi connectivity index (χ4n) is 2.34. The van der Waals surface area contributed by atoms with Crippen LogP contribution in [0, 0.1) is 12.7 Å². The molecule has 0 aliphatic heterocycles. The van der Waals surface area contributed by atoms with Crippen LogP contribution in [0.2, 0.25) is 0 Å². The van der Waals surface area contributed by atoms with Crippen molar-refractivity contribution >= 4 is 28.3 Å². The van der Waals surface area contributed by atoms with Gasteiger partial charge in [-0.25, -0.2) is 14.2 Å². The molecule has 7 heteroatoms. The van der Waals surface area contributed by atoms with Gasteiger partial charge in [0.05, 0.1) is 12.3 Å². The number of aromatic nitrogens is 1. The minimum Gasteiger partial charge on any atom is -0.462 e. The van der Waals surface area contributed by atoms with Gasteiger partial charge in [-0.1, -0.05) is 11.3 Å². The smallest absolute Gasteiger partial charge is 0.350 e. The summed E-state index contributed by atoms with van der Waals surface area (Å²) >= 11 is 1.16. The van der Waals surface area contributed by atoms with Gasteiger partial charge in [0.2, 0.25) is 0 Å². The van der Waals surface area contributed by atoms with E-state index in [9.17, 15) is 14.0 Å². The van der Waals surface area contributed by atoms with Gasteiger partial charge in [-0.15, -0.1) is 0 Å². The summed E-state index contributed by atoms with van der Waals surface area (Å²) in [5.74, 6) is -1.05. The van der Waals surface area contributed by atoms with Crippen LogP contribution in [0.25, 0.3) is 0 Å². The fourth-order valence-corrected chi connectivity index (χ4v) is 3.38. The maximum absolute atomic E-state index is 13.1. The molecule has 3 rings (SSSR count). The molecule has 5 nitrogen and oxygen atoms in total. The fraction of sp³-hybridized carbons (Fsp3) is 0.353. The molecule has 1 aromatic heterocycles. The van der Waals surface area contributed by atoms with Crippen LogP contribution in [0.3, 0.4) is 0 Å². The zero-order valence-corrected chi connectivity index (χ0v) is 14.2. The van der Waals surface area contributed by atoms with Crippen LogP contribution in [0.1, 0.15) is 45.5 Å². The Morgan fingerprint density at radius 1 is 1.33 bits per heavy atom. The molecule has 0 unspecified atom stereocenters. The van der Waals surface area contributed by atoms with E-state index in [1.54, 1.807) is 18.7 Å². The number of anilines is 1. The second kappa shape index (κ2) is 6.68. The number of hydrogen-bond acceptors (Lipinski definition) is 5. The average molecular weight is 348 g/mol. The summed E-state index contributed by atoms with van der Waals surface area (Å²) < 4.78 is 18.1. The molecule has 0 bridgehead atoms. The van der Waals surface area contributed by atoms with Crippen molar-refractivity contribution in [1.82, 2.24) is 4.98 Å². The highest BCUT2D eigenvalue weighted by Crippen LogP contribution is 2.36. The number of esters is 1. The molecule has 1 fully saturated rings. The van der Waals surface area contributed by atoms with E-state index in [2.05, 4.69) is 4.98 Å². The summed E-state index contributed by atoms with van der Waals surface area (Å²) in [5, 5.41) is 0.479. The van der Waals surface area contributed by atoms with Crippen LogP contribution < -0.4 is 4.90 Å². The van der Waals surface area contributed by atoms with E-state index < -0.39 is 5.97 Å². The Labute approximate surface area is 143 Å². The normalized spacial score (nSPS) is 13.6. The quantitative estimate of drug-likeness (QED) is 0.775. The number of benzene rings is 1. The van der Waals surface area contributed by atoms with E-state index in [1.807, 2.05) is 0 Å². The third-order valence-corrected chi connectivity index (χ3v) is 4.81. The van der Waals surface area contributed by atoms with Crippen molar-refractivity contribution < 1.29 is 18.7 Å². The second-order valence-electron chi connectivity index (χ2n) is 5.54. The molecule has 0 radical (unpaired) electrons. The van der Waals surface area contributed by atoms with Crippen LogP contribution in [0.5, 0.6) is 0 Å². The Morgan fingerprint density at radius 2 is 2.00 bits per heavy atom. The van der Waals surface area contributed by atoms with Crippen molar-refractivity contribution in [2.24, 2.45) is 0 Å². The highest BCUT2D eigenvalue weighted by Gasteiger charge is 2.37. The highest BCUT2D eigenvalue weighted by atomic mass is 32.1. The number of nitrogens with zero attached hydrogens (tertiary/aromatic N) is 2. The third-order valence-electron chi connectivity index (χ3n) is 3.67. The predicted octanol–water partition coefficient (Wildman–Crippen LogP) is 3.58. The van der Waals surface area contributed by atoms with Crippen LogP contribution in [0.15, 0.2) is 24.3 Å². The summed E-state index contributed by atoms with van der Waals surface area (Å²) in [6.07, 6.45) is 1.78. The standard InChI is InChI=1S/C17H17FN2O3S/c1-3-23-16(22)14-10(2)19-17(24-14)20(13-8-9-13)15(21)11-4-6-12(18)7-5-11/h4-7,13H,3,8-9H2,1-2H3. The monoisotopic (exact) mass is 348 g/mol. The molecule has 1 aliphatic carbocycles. The Hall–Kier alpha value is -2.28. The number of carbonyl (C=O) groups is 2. The van der Waals surface area contributed by atoms with Gasteiger partial charge in [0.25, 0.3) is 5.91 Å². The lowest BCUT2D eigenvalue weighted by Gasteiger charge is -2.19. The Kier molecular flexibility index (Phi) is 4.62. The molecule has 1 aromatic carbocycles. The van der Waals surface area contributed by atoms with Gasteiger partial charge in [-0.2, -0.15) is 0 Å². The average Bonchev–Trinajstić information content (AvgIpc) is 3.30. The van der Waals surface area contributed by atoms with Crippen molar-refractivity contribution in [3.05, 3.63) is 46.2 Å². The highest BCUT2D eigenvalue weighted by molar-refractivity contribution is 7.17. The lowest BCUT2D eigenvalue weighted by Crippen LogP contribution is -2.33. The van der Waals surface area contributed by atoms with E-state index in [0.29, 0.717) is 21.3 Å². The van der Waals surface area contributed by atoms with Gasteiger partial charge < -0.3 is 4.74 Å². The molecular formula is C17H17FN2O3S. The maximum Gasteiger partial charge on any atom is 0.350 e. The Morgan fingerprint density at radius 3 is 2.58 bits per heavy atom. The lowest BCUT2D eigenvalue weighted by molar-refractivity contribution is 0.0531. The van der Waals surface area contributed by atoms with Crippen LogP contribution >= 0.6 is 11.3 Å². The molecule has 1 saturated carbocycles. The van der Waals surface area contributed by atoms with E-state index in [1.165, 1.54) is 24.3 Å². The van der Waals surface area contributed by atoms with Gasteiger partial charge >= 0.3 is 5.97 Å². The molecule has 0 N–H and O–H groups in total. The number of halogens is 1. The van der Waals surface area contributed by atoms with E-state index in [0.717, 1.165) is 24.2 Å². The van der Waals surface area contributed by atoms with Gasteiger partial charge in [-0.3, -0.25) is 9.69 Å². The minimum absolute atomic E-state index is 0.0724. The van der Waals surface area contributed by atoms with Crippen molar-refractivity contribution in [2.45, 2.75) is 32.7 Å². The summed E-state index contributed by atoms with van der Waals surface area (Å²) in [5.41, 5.74) is 0.944. The Bertz CT molecular complexity index is 769. The van der Waals surface area contributed by atoms with Crippen molar-refractivity contribution in [3.63, 3.8) is 0 Å². The van der Waals surface area contributed by atoms with Crippen molar-refractivity contribution in [3.8, 4) is 0 Å². The number of thiazole rings is 1. The van der Waals surface area contributed by atoms with Gasteiger partial charge in [0.1, 0.15) is 10.7 Å². The molecule has 2 aromatic rings. The minimum atomic E-state index is -0.427. The van der Waals surface area contributed by atoms with Gasteiger partial charge in [-0.05, 0) is 51.0 Å². The molecule has 1 heterocycles. The van der Waals surface area contributed by atoms with Crippen molar-refractivity contribution in [2.75, 3.05) is 11.5 Å². The first kappa shape index (κ1) is 16.6. The predicted molar refractivity (Wildman–Crippen MR) is 89.0 cm³/mol. The molecule has 0 spiro atoms. The van der Waals surface area contributed by atoms with Crippen molar-refractivity contribution in [1.29, 1.82) is 0 Å². The zero-order valence-electron chi connectivity index (χ0n) is 13.4. The topological polar surface area (TPSA) is 59.5 Å². The number of amides is 1. The van der Waals surface area contributed by atoms with Gasteiger partial charge in [0.15, 0.2) is 5.13 Å². The summed E-state index contributed by atoms with van der Waals surface area (Å²) in [6, 6.07) is 5.51. The largest absolute Gasteiger partial charge is 0.462 e. The third kappa shape index (κ3) is 3.31. The first-order chi connectivity index (χ1) is 11.5. The number of hydrogen-bond donors (Lipinski definition) is 0. The Balaban J connectivity index is 1.92. The second-order valence-corrected chi connectivity index (χ2v) is 6.52. The number of aryl methyl sites for hydroxylation is 1. The van der Waals surface area contributed by atoms with Crippen LogP contribution in [-0.2, 0) is 4.74 Å². The van der Waals surface area contributed by atoms with E-state index >= 15 is 0 Å². The summed E-state index contributed by atoms with van der Waals surface area (Å²) in [7, 11) is 0. The first-order valence-corrected chi connectivity index (χ1v) is 8.56. The maximum atomic E-state index is 13.1. The van der Waals surface area contributed by atoms with E-state index in [4.69, 9.17) is 4.74 Å². The molecule has 1 aliphatic rings. The summed E-state index contributed by atoms with van der Waals surface area (Å²) in [6.45, 7) is 3.75. The number of rotatable bonds is 5. The van der Waals surface area contributed by atoms with Crippen LogP contribution in [-0.4, -0.2) is 29.5 Å². The molecule has 126 valence electrons. The van der Waals surface area contributed by atoms with E-state index in [-0.39, 0.29) is 24.4 Å². The molecular weight excluding hydrogens is 331 g/mol. The summed E-state index contributed by atoms with van der Waals surface area (Å²) in [4.78, 5) is 31.2. The molecule has 1 amide bonds. The molecule has 0 saturated heterocycles. The first-order valence-electron chi connectivity index (χ1n) is 7.75. The number of ether oxygens (including phenoxy) is 1. The lowest BCUT2D eigenvalue weighted by atomic mass is 10.2. The SMILES string of the molecule is CCOC(=O)c1sc(N(C(=O)c2ccc(F)cc2)C2CC2)nc1C. The number of carbonyl (C=O) groups excluding carboxylic acids is 2.